The Kier molecular flexibility index (Phi) is 3.22. The Bertz CT molecular complexity index is 585. The van der Waals surface area contributed by atoms with Crippen molar-refractivity contribution >= 4 is 5.91 Å². The topological polar surface area (TPSA) is 59.6 Å². The molecule has 2 N–H and O–H groups in total. The zero-order valence-corrected chi connectivity index (χ0v) is 12.9. The van der Waals surface area contributed by atoms with E-state index >= 15 is 0 Å². The molecule has 2 heterocycles. The molecule has 5 heteroatoms. The summed E-state index contributed by atoms with van der Waals surface area (Å²) in [5.41, 5.74) is 0.781. The van der Waals surface area contributed by atoms with Crippen molar-refractivity contribution in [3.8, 4) is 5.75 Å². The molecule has 1 aromatic carbocycles. The number of hydrogen-bond donors (Lipinski definition) is 2. The van der Waals surface area contributed by atoms with Crippen molar-refractivity contribution in [2.24, 2.45) is 0 Å². The highest BCUT2D eigenvalue weighted by Crippen LogP contribution is 2.45. The second-order valence-corrected chi connectivity index (χ2v) is 6.40. The molecule has 2 aliphatic heterocycles. The van der Waals surface area contributed by atoms with Crippen LogP contribution in [0.4, 0.5) is 0 Å². The molecule has 1 spiro atoms. The highest BCUT2D eigenvalue weighted by atomic mass is 16.5. The van der Waals surface area contributed by atoms with Gasteiger partial charge in [0.1, 0.15) is 16.9 Å². The predicted octanol–water partition coefficient (Wildman–Crippen LogP) is 1.79. The van der Waals surface area contributed by atoms with E-state index in [1.165, 1.54) is 0 Å². The normalized spacial score (nSPS) is 29.9. The summed E-state index contributed by atoms with van der Waals surface area (Å²) in [7, 11) is 0. The molecule has 0 radical (unpaired) electrons. The van der Waals surface area contributed by atoms with E-state index in [1.54, 1.807) is 0 Å². The molecule has 0 bridgehead atoms. The molecule has 21 heavy (non-hydrogen) atoms. The molecule has 114 valence electrons. The maximum absolute atomic E-state index is 12.7. The van der Waals surface area contributed by atoms with Gasteiger partial charge in [-0.25, -0.2) is 0 Å². The molecule has 1 aromatic rings. The Hall–Kier alpha value is -1.59. The molecule has 1 amide bonds. The van der Waals surface area contributed by atoms with Crippen LogP contribution < -0.4 is 15.4 Å². The molecule has 2 unspecified atom stereocenters. The summed E-state index contributed by atoms with van der Waals surface area (Å²) in [6, 6.07) is 5.96. The largest absolute Gasteiger partial charge is 0.487 e. The van der Waals surface area contributed by atoms with Gasteiger partial charge >= 0.3 is 0 Å². The van der Waals surface area contributed by atoms with Gasteiger partial charge in [0.05, 0.1) is 0 Å². The first-order valence-corrected chi connectivity index (χ1v) is 7.37. The van der Waals surface area contributed by atoms with Gasteiger partial charge in [0, 0.05) is 18.6 Å². The minimum absolute atomic E-state index is 0.0517. The highest BCUT2D eigenvalue weighted by Gasteiger charge is 2.55. The summed E-state index contributed by atoms with van der Waals surface area (Å²) in [4.78, 5) is 12.7. The zero-order chi connectivity index (χ0) is 15.3. The van der Waals surface area contributed by atoms with Crippen LogP contribution in [-0.4, -0.2) is 24.5 Å². The lowest BCUT2D eigenvalue weighted by atomic mass is 9.77. The van der Waals surface area contributed by atoms with E-state index < -0.39 is 17.5 Å². The van der Waals surface area contributed by atoms with Gasteiger partial charge in [0.2, 0.25) is 5.91 Å². The van der Waals surface area contributed by atoms with Gasteiger partial charge in [-0.2, -0.15) is 0 Å². The maximum atomic E-state index is 12.7. The fraction of sp³-hybridized carbons (Fsp3) is 0.562. The third-order valence-electron chi connectivity index (χ3n) is 4.03. The lowest BCUT2D eigenvalue weighted by molar-refractivity contribution is -0.127. The first-order valence-electron chi connectivity index (χ1n) is 7.37. The predicted molar refractivity (Wildman–Crippen MR) is 78.9 cm³/mol. The number of hydrogen-bond acceptors (Lipinski definition) is 4. The molecule has 2 atom stereocenters. The number of amides is 1. The molecule has 0 aliphatic carbocycles. The molecule has 2 aliphatic rings. The number of nitrogens with one attached hydrogen (secondary N) is 2. The van der Waals surface area contributed by atoms with Gasteiger partial charge in [0.25, 0.3) is 0 Å². The Balaban J connectivity index is 2.09. The monoisotopic (exact) mass is 290 g/mol. The minimum Gasteiger partial charge on any atom is -0.487 e. The number of benzene rings is 1. The summed E-state index contributed by atoms with van der Waals surface area (Å²) < 4.78 is 11.6. The van der Waals surface area contributed by atoms with Crippen molar-refractivity contribution in [3.63, 3.8) is 0 Å². The van der Waals surface area contributed by atoms with E-state index in [1.807, 2.05) is 45.9 Å². The van der Waals surface area contributed by atoms with Gasteiger partial charge in [0.15, 0.2) is 6.35 Å². The first kappa shape index (κ1) is 14.4. The first-order chi connectivity index (χ1) is 9.86. The van der Waals surface area contributed by atoms with Gasteiger partial charge in [-0.15, -0.1) is 0 Å². The smallest absolute Gasteiger partial charge is 0.248 e. The van der Waals surface area contributed by atoms with E-state index in [-0.39, 0.29) is 5.91 Å². The van der Waals surface area contributed by atoms with Gasteiger partial charge in [-0.3, -0.25) is 10.1 Å². The molecule has 5 nitrogen and oxygen atoms in total. The zero-order valence-electron chi connectivity index (χ0n) is 12.9. The molecular formula is C16H22N2O3. The number of aryl methyl sites for hydroxylation is 1. The number of carbonyl (C=O) groups is 1. The van der Waals surface area contributed by atoms with Crippen LogP contribution in [0.25, 0.3) is 0 Å². The molecule has 0 aromatic heterocycles. The van der Waals surface area contributed by atoms with Crippen molar-refractivity contribution in [2.75, 3.05) is 6.61 Å². The molecule has 1 saturated heterocycles. The van der Waals surface area contributed by atoms with E-state index in [2.05, 4.69) is 10.6 Å². The van der Waals surface area contributed by atoms with E-state index in [0.29, 0.717) is 13.0 Å². The van der Waals surface area contributed by atoms with Crippen molar-refractivity contribution in [1.29, 1.82) is 0 Å². The molecular weight excluding hydrogens is 268 g/mol. The fourth-order valence-electron chi connectivity index (χ4n) is 3.28. The second-order valence-electron chi connectivity index (χ2n) is 6.40. The Morgan fingerprint density at radius 1 is 1.43 bits per heavy atom. The SMILES string of the molecule is CCOC1NC(=O)C2(CC(C)(C)Oc3ccc(C)cc32)N1. The summed E-state index contributed by atoms with van der Waals surface area (Å²) in [6.45, 7) is 8.46. The Labute approximate surface area is 125 Å². The summed E-state index contributed by atoms with van der Waals surface area (Å²) in [5, 5.41) is 6.22. The quantitative estimate of drug-likeness (QED) is 0.872. The average Bonchev–Trinajstić information content (AvgIpc) is 2.67. The van der Waals surface area contributed by atoms with E-state index in [0.717, 1.165) is 16.9 Å². The number of fused-ring (bicyclic) bond motifs is 2. The summed E-state index contributed by atoms with van der Waals surface area (Å²) >= 11 is 0. The van der Waals surface area contributed by atoms with Crippen LogP contribution in [0.2, 0.25) is 0 Å². The van der Waals surface area contributed by atoms with Crippen LogP contribution in [0, 0.1) is 6.92 Å². The Morgan fingerprint density at radius 3 is 2.90 bits per heavy atom. The van der Waals surface area contributed by atoms with Gasteiger partial charge in [-0.1, -0.05) is 11.6 Å². The minimum atomic E-state index is -0.789. The number of ether oxygens (including phenoxy) is 2. The van der Waals surface area contributed by atoms with Crippen molar-refractivity contribution in [3.05, 3.63) is 29.3 Å². The van der Waals surface area contributed by atoms with Crippen molar-refractivity contribution in [2.45, 2.75) is 51.6 Å². The highest BCUT2D eigenvalue weighted by molar-refractivity contribution is 5.91. The number of carbonyl (C=O) groups excluding carboxylic acids is 1. The van der Waals surface area contributed by atoms with Gasteiger partial charge < -0.3 is 14.8 Å². The van der Waals surface area contributed by atoms with E-state index in [4.69, 9.17) is 9.47 Å². The third kappa shape index (κ3) is 2.30. The molecule has 0 saturated carbocycles. The summed E-state index contributed by atoms with van der Waals surface area (Å²) in [5.74, 6) is 0.709. The lowest BCUT2D eigenvalue weighted by Crippen LogP contribution is -2.54. The Morgan fingerprint density at radius 2 is 2.19 bits per heavy atom. The lowest BCUT2D eigenvalue weighted by Gasteiger charge is -2.42. The maximum Gasteiger partial charge on any atom is 0.248 e. The van der Waals surface area contributed by atoms with Crippen LogP contribution in [0.3, 0.4) is 0 Å². The van der Waals surface area contributed by atoms with Crippen molar-refractivity contribution < 1.29 is 14.3 Å². The molecule has 3 rings (SSSR count). The van der Waals surface area contributed by atoms with E-state index in [9.17, 15) is 4.79 Å². The van der Waals surface area contributed by atoms with Crippen LogP contribution in [0.1, 0.15) is 38.3 Å². The van der Waals surface area contributed by atoms with Crippen LogP contribution in [-0.2, 0) is 15.1 Å². The van der Waals surface area contributed by atoms with Gasteiger partial charge in [-0.05, 0) is 39.8 Å². The third-order valence-corrected chi connectivity index (χ3v) is 4.03. The number of rotatable bonds is 2. The van der Waals surface area contributed by atoms with Crippen LogP contribution in [0.15, 0.2) is 18.2 Å². The van der Waals surface area contributed by atoms with Crippen molar-refractivity contribution in [1.82, 2.24) is 10.6 Å². The average molecular weight is 290 g/mol. The standard InChI is InChI=1S/C16H22N2O3/c1-5-20-14-17-13(19)16(18-14)9-15(3,4)21-12-7-6-10(2)8-11(12)16/h6-8,14,18H,5,9H2,1-4H3,(H,17,19). The second kappa shape index (κ2) is 4.71. The summed E-state index contributed by atoms with van der Waals surface area (Å²) in [6.07, 6.45) is 0.107. The fourth-order valence-corrected chi connectivity index (χ4v) is 3.28. The molecule has 1 fully saturated rings. The van der Waals surface area contributed by atoms with Crippen LogP contribution in [0.5, 0.6) is 5.75 Å². The van der Waals surface area contributed by atoms with Crippen LogP contribution >= 0.6 is 0 Å².